The molecule has 150 valence electrons. The molecule has 0 saturated heterocycles. The van der Waals surface area contributed by atoms with Crippen LogP contribution in [0.15, 0.2) is 4.99 Å². The minimum absolute atomic E-state index is 0. The monoisotopic (exact) mass is 469 g/mol. The molecule has 2 N–H and O–H groups in total. The van der Waals surface area contributed by atoms with Crippen LogP contribution in [-0.4, -0.2) is 74.0 Å². The van der Waals surface area contributed by atoms with E-state index in [-0.39, 0.29) is 29.9 Å². The quantitative estimate of drug-likeness (QED) is 0.188. The van der Waals surface area contributed by atoms with Crippen LogP contribution in [0.25, 0.3) is 0 Å². The van der Waals surface area contributed by atoms with Gasteiger partial charge in [-0.2, -0.15) is 0 Å². The normalized spacial score (nSPS) is 11.2. The lowest BCUT2D eigenvalue weighted by Gasteiger charge is -2.19. The van der Waals surface area contributed by atoms with Crippen LogP contribution in [0.4, 0.5) is 0 Å². The summed E-state index contributed by atoms with van der Waals surface area (Å²) in [6.45, 7) is 17.7. The van der Waals surface area contributed by atoms with Gasteiger partial charge in [0.2, 0.25) is 5.91 Å². The molecule has 7 heteroatoms. The van der Waals surface area contributed by atoms with E-state index in [2.05, 4.69) is 41.3 Å². The van der Waals surface area contributed by atoms with Crippen LogP contribution in [0.5, 0.6) is 0 Å². The first-order chi connectivity index (χ1) is 11.6. The van der Waals surface area contributed by atoms with Gasteiger partial charge in [-0.1, -0.05) is 13.8 Å². The topological polar surface area (TPSA) is 60.0 Å². The highest BCUT2D eigenvalue weighted by Gasteiger charge is 2.09. The lowest BCUT2D eigenvalue weighted by Crippen LogP contribution is -2.40. The molecule has 0 radical (unpaired) electrons. The lowest BCUT2D eigenvalue weighted by atomic mass is 10.3. The summed E-state index contributed by atoms with van der Waals surface area (Å²) < 4.78 is 0. The number of guanidine groups is 1. The van der Waals surface area contributed by atoms with Crippen LogP contribution >= 0.6 is 24.0 Å². The summed E-state index contributed by atoms with van der Waals surface area (Å²) in [5, 5.41) is 6.50. The average Bonchev–Trinajstić information content (AvgIpc) is 2.59. The molecule has 0 rings (SSSR count). The number of unbranched alkanes of at least 4 members (excludes halogenated alkanes) is 1. The maximum absolute atomic E-state index is 12.0. The van der Waals surface area contributed by atoms with Gasteiger partial charge in [0.1, 0.15) is 0 Å². The largest absolute Gasteiger partial charge is 0.357 e. The zero-order chi connectivity index (χ0) is 18.2. The Morgan fingerprint density at radius 1 is 0.920 bits per heavy atom. The van der Waals surface area contributed by atoms with Gasteiger partial charge in [-0.25, -0.2) is 0 Å². The fourth-order valence-corrected chi connectivity index (χ4v) is 2.54. The van der Waals surface area contributed by atoms with E-state index in [0.717, 1.165) is 58.2 Å². The molecule has 0 atom stereocenters. The Kier molecular flexibility index (Phi) is 19.4. The first kappa shape index (κ1) is 26.7. The molecular formula is C18H40IN5O. The zero-order valence-corrected chi connectivity index (χ0v) is 19.3. The van der Waals surface area contributed by atoms with Crippen LogP contribution in [0, 0.1) is 0 Å². The molecule has 0 bridgehead atoms. The first-order valence-corrected chi connectivity index (χ1v) is 9.64. The summed E-state index contributed by atoms with van der Waals surface area (Å²) in [6, 6.07) is 0. The fourth-order valence-electron chi connectivity index (χ4n) is 2.54. The Morgan fingerprint density at radius 2 is 1.56 bits per heavy atom. The van der Waals surface area contributed by atoms with Crippen molar-refractivity contribution in [2.75, 3.05) is 52.4 Å². The third-order valence-corrected chi connectivity index (χ3v) is 4.14. The number of rotatable bonds is 13. The molecule has 0 saturated carbocycles. The Morgan fingerprint density at radius 3 is 2.08 bits per heavy atom. The lowest BCUT2D eigenvalue weighted by molar-refractivity contribution is -0.130. The van der Waals surface area contributed by atoms with E-state index in [9.17, 15) is 4.79 Å². The van der Waals surface area contributed by atoms with E-state index in [4.69, 9.17) is 0 Å². The van der Waals surface area contributed by atoms with Crippen LogP contribution in [-0.2, 0) is 4.79 Å². The minimum Gasteiger partial charge on any atom is -0.357 e. The predicted octanol–water partition coefficient (Wildman–Crippen LogP) is 2.54. The molecule has 0 aliphatic carbocycles. The number of halogens is 1. The molecule has 0 unspecified atom stereocenters. The molecule has 0 aromatic heterocycles. The number of hydrogen-bond donors (Lipinski definition) is 2. The van der Waals surface area contributed by atoms with Crippen molar-refractivity contribution in [1.29, 1.82) is 0 Å². The highest BCUT2D eigenvalue weighted by Crippen LogP contribution is 1.96. The number of aliphatic imine (C=N–C) groups is 1. The van der Waals surface area contributed by atoms with E-state index in [1.165, 1.54) is 6.42 Å². The molecule has 1 amide bonds. The third kappa shape index (κ3) is 13.3. The van der Waals surface area contributed by atoms with Gasteiger partial charge < -0.3 is 20.4 Å². The molecule has 0 aromatic carbocycles. The van der Waals surface area contributed by atoms with Crippen molar-refractivity contribution in [2.45, 2.75) is 53.9 Å². The smallest absolute Gasteiger partial charge is 0.224 e. The van der Waals surface area contributed by atoms with E-state index in [1.54, 1.807) is 0 Å². The minimum atomic E-state index is 0. The number of nitrogens with one attached hydrogen (secondary N) is 2. The molecular weight excluding hydrogens is 429 g/mol. The van der Waals surface area contributed by atoms with Crippen molar-refractivity contribution < 1.29 is 4.79 Å². The first-order valence-electron chi connectivity index (χ1n) is 9.64. The summed E-state index contributed by atoms with van der Waals surface area (Å²) in [5.74, 6) is 1.01. The van der Waals surface area contributed by atoms with Crippen molar-refractivity contribution in [3.8, 4) is 0 Å². The van der Waals surface area contributed by atoms with Crippen molar-refractivity contribution in [1.82, 2.24) is 20.4 Å². The summed E-state index contributed by atoms with van der Waals surface area (Å²) in [5.41, 5.74) is 0. The Labute approximate surface area is 172 Å². The molecule has 0 aliphatic rings. The van der Waals surface area contributed by atoms with E-state index in [0.29, 0.717) is 13.0 Å². The van der Waals surface area contributed by atoms with Gasteiger partial charge in [-0.15, -0.1) is 24.0 Å². The summed E-state index contributed by atoms with van der Waals surface area (Å²) >= 11 is 0. The van der Waals surface area contributed by atoms with E-state index in [1.807, 2.05) is 18.7 Å². The molecule has 6 nitrogen and oxygen atoms in total. The van der Waals surface area contributed by atoms with E-state index < -0.39 is 0 Å². The maximum atomic E-state index is 12.0. The molecule has 0 heterocycles. The van der Waals surface area contributed by atoms with Gasteiger partial charge in [0, 0.05) is 39.1 Å². The van der Waals surface area contributed by atoms with Gasteiger partial charge in [-0.3, -0.25) is 9.79 Å². The number of amides is 1. The number of carbonyl (C=O) groups is 1. The van der Waals surface area contributed by atoms with Crippen LogP contribution < -0.4 is 10.6 Å². The van der Waals surface area contributed by atoms with Gasteiger partial charge in [0.05, 0.1) is 0 Å². The highest BCUT2D eigenvalue weighted by atomic mass is 127. The highest BCUT2D eigenvalue weighted by molar-refractivity contribution is 14.0. The Balaban J connectivity index is 0. The van der Waals surface area contributed by atoms with Crippen molar-refractivity contribution >= 4 is 35.8 Å². The number of hydrogen-bond acceptors (Lipinski definition) is 3. The molecule has 0 aliphatic heterocycles. The van der Waals surface area contributed by atoms with E-state index >= 15 is 0 Å². The Bertz CT molecular complexity index is 344. The number of carbonyl (C=O) groups excluding carboxylic acids is 1. The fraction of sp³-hybridized carbons (Fsp3) is 0.889. The molecule has 0 aromatic rings. The van der Waals surface area contributed by atoms with Crippen LogP contribution in [0.1, 0.15) is 53.9 Å². The maximum Gasteiger partial charge on any atom is 0.224 e. The second kappa shape index (κ2) is 18.2. The van der Waals surface area contributed by atoms with Gasteiger partial charge in [0.25, 0.3) is 0 Å². The van der Waals surface area contributed by atoms with Crippen molar-refractivity contribution in [3.63, 3.8) is 0 Å². The second-order valence-corrected chi connectivity index (χ2v) is 5.74. The molecule has 25 heavy (non-hydrogen) atoms. The van der Waals surface area contributed by atoms with Crippen LogP contribution in [0.2, 0.25) is 0 Å². The zero-order valence-electron chi connectivity index (χ0n) is 16.9. The van der Waals surface area contributed by atoms with Crippen molar-refractivity contribution in [2.24, 2.45) is 4.99 Å². The van der Waals surface area contributed by atoms with Gasteiger partial charge in [0.15, 0.2) is 5.96 Å². The SMILES string of the molecule is CCNC(=NCCCCN(CC)CC)NCCC(=O)N(CC)CC.I. The molecule has 0 spiro atoms. The molecule has 0 fully saturated rings. The predicted molar refractivity (Wildman–Crippen MR) is 119 cm³/mol. The van der Waals surface area contributed by atoms with Crippen LogP contribution in [0.3, 0.4) is 0 Å². The standard InChI is InChI=1S/C18H39N5O.HI/c1-6-19-18(20-14-11-12-16-22(7-2)8-3)21-15-13-17(24)23(9-4)10-5;/h6-16H2,1-5H3,(H2,19,20,21);1H. The number of nitrogens with zero attached hydrogens (tertiary/aromatic N) is 3. The average molecular weight is 469 g/mol. The van der Waals surface area contributed by atoms with Crippen molar-refractivity contribution in [3.05, 3.63) is 0 Å². The summed E-state index contributed by atoms with van der Waals surface area (Å²) in [6.07, 6.45) is 2.77. The summed E-state index contributed by atoms with van der Waals surface area (Å²) in [4.78, 5) is 20.9. The Hall–Kier alpha value is -0.570. The summed E-state index contributed by atoms with van der Waals surface area (Å²) in [7, 11) is 0. The van der Waals surface area contributed by atoms with Gasteiger partial charge >= 0.3 is 0 Å². The second-order valence-electron chi connectivity index (χ2n) is 5.74. The third-order valence-electron chi connectivity index (χ3n) is 4.14. The van der Waals surface area contributed by atoms with Gasteiger partial charge in [-0.05, 0) is 53.2 Å².